The molecule has 0 aromatic rings. The van der Waals surface area contributed by atoms with Gasteiger partial charge in [-0.3, -0.25) is 14.4 Å². The molecule has 0 fully saturated rings. The summed E-state index contributed by atoms with van der Waals surface area (Å²) in [6.45, 7) is 6.48. The number of hydrogen-bond donors (Lipinski definition) is 0. The lowest BCUT2D eigenvalue weighted by Crippen LogP contribution is -2.30. The Labute approximate surface area is 315 Å². The van der Waals surface area contributed by atoms with Gasteiger partial charge in [0.05, 0.1) is 0 Å². The predicted molar refractivity (Wildman–Crippen MR) is 215 cm³/mol. The molecule has 0 rings (SSSR count). The topological polar surface area (TPSA) is 78.9 Å². The van der Waals surface area contributed by atoms with E-state index in [1.807, 2.05) is 0 Å². The van der Waals surface area contributed by atoms with Crippen LogP contribution >= 0.6 is 0 Å². The first kappa shape index (κ1) is 48.6. The Hall–Kier alpha value is -2.37. The van der Waals surface area contributed by atoms with Crippen LogP contribution in [0.5, 0.6) is 0 Å². The summed E-state index contributed by atoms with van der Waals surface area (Å²) < 4.78 is 16.5. The van der Waals surface area contributed by atoms with E-state index in [-0.39, 0.29) is 31.1 Å². The van der Waals surface area contributed by atoms with Gasteiger partial charge in [-0.15, -0.1) is 0 Å². The molecule has 0 aromatic carbocycles. The van der Waals surface area contributed by atoms with Crippen LogP contribution in [0, 0.1) is 0 Å². The summed E-state index contributed by atoms with van der Waals surface area (Å²) in [6.07, 6.45) is 44.4. The Kier molecular flexibility index (Phi) is 38.5. The highest BCUT2D eigenvalue weighted by molar-refractivity contribution is 5.71. The van der Waals surface area contributed by atoms with Crippen molar-refractivity contribution in [2.75, 3.05) is 13.2 Å². The molecule has 0 heterocycles. The number of rotatable bonds is 38. The highest BCUT2D eigenvalue weighted by atomic mass is 16.6. The summed E-state index contributed by atoms with van der Waals surface area (Å²) in [4.78, 5) is 37.4. The van der Waals surface area contributed by atoms with Crippen LogP contribution in [0.4, 0.5) is 0 Å². The second-order valence-corrected chi connectivity index (χ2v) is 14.3. The van der Waals surface area contributed by atoms with Gasteiger partial charge >= 0.3 is 17.9 Å². The van der Waals surface area contributed by atoms with Gasteiger partial charge in [0.15, 0.2) is 6.10 Å². The number of unbranched alkanes of at least 4 members (excludes halogenated alkanes) is 21. The molecule has 0 aromatic heterocycles. The Morgan fingerprint density at radius 1 is 0.392 bits per heavy atom. The van der Waals surface area contributed by atoms with Gasteiger partial charge in [0.2, 0.25) is 0 Å². The third-order valence-electron chi connectivity index (χ3n) is 9.12. The second-order valence-electron chi connectivity index (χ2n) is 14.3. The van der Waals surface area contributed by atoms with Gasteiger partial charge < -0.3 is 14.2 Å². The van der Waals surface area contributed by atoms with Crippen molar-refractivity contribution in [2.24, 2.45) is 0 Å². The first-order valence-corrected chi connectivity index (χ1v) is 21.5. The predicted octanol–water partition coefficient (Wildman–Crippen LogP) is 13.4. The molecule has 6 heteroatoms. The SMILES string of the molecule is CCCCC/C=C\CCCCCCCC(=O)OC(COC(=O)CCCCCCC)COC(=O)CCCCCCC/C=C\C/C=C\CCCCCC. The van der Waals surface area contributed by atoms with Crippen molar-refractivity contribution >= 4 is 17.9 Å². The smallest absolute Gasteiger partial charge is 0.306 e. The molecule has 296 valence electrons. The average Bonchev–Trinajstić information content (AvgIpc) is 3.12. The fourth-order valence-electron chi connectivity index (χ4n) is 5.82. The Morgan fingerprint density at radius 3 is 1.16 bits per heavy atom. The molecule has 1 atom stereocenters. The molecule has 0 aliphatic rings. The monoisotopic (exact) mass is 717 g/mol. The van der Waals surface area contributed by atoms with Crippen LogP contribution in [-0.2, 0) is 28.6 Å². The molecule has 0 saturated carbocycles. The van der Waals surface area contributed by atoms with Gasteiger partial charge in [-0.05, 0) is 77.0 Å². The summed E-state index contributed by atoms with van der Waals surface area (Å²) >= 11 is 0. The number of hydrogen-bond acceptors (Lipinski definition) is 6. The van der Waals surface area contributed by atoms with Gasteiger partial charge in [-0.1, -0.05) is 154 Å². The molecule has 6 nitrogen and oxygen atoms in total. The third kappa shape index (κ3) is 38.7. The Bertz CT molecular complexity index is 876. The maximum Gasteiger partial charge on any atom is 0.306 e. The van der Waals surface area contributed by atoms with E-state index >= 15 is 0 Å². The van der Waals surface area contributed by atoms with Gasteiger partial charge in [-0.25, -0.2) is 0 Å². The van der Waals surface area contributed by atoms with Gasteiger partial charge in [0.25, 0.3) is 0 Å². The molecular weight excluding hydrogens is 636 g/mol. The third-order valence-corrected chi connectivity index (χ3v) is 9.12. The van der Waals surface area contributed by atoms with E-state index in [2.05, 4.69) is 57.2 Å². The molecule has 51 heavy (non-hydrogen) atoms. The summed E-state index contributed by atoms with van der Waals surface area (Å²) in [5, 5.41) is 0. The molecule has 0 amide bonds. The summed E-state index contributed by atoms with van der Waals surface area (Å²) in [6, 6.07) is 0. The molecule has 1 unspecified atom stereocenters. The summed E-state index contributed by atoms with van der Waals surface area (Å²) in [7, 11) is 0. The summed E-state index contributed by atoms with van der Waals surface area (Å²) in [5.41, 5.74) is 0. The molecule has 0 saturated heterocycles. The quantitative estimate of drug-likeness (QED) is 0.0274. The minimum absolute atomic E-state index is 0.0808. The van der Waals surface area contributed by atoms with Crippen LogP contribution < -0.4 is 0 Å². The lowest BCUT2D eigenvalue weighted by atomic mass is 10.1. The van der Waals surface area contributed by atoms with Crippen LogP contribution in [0.1, 0.15) is 213 Å². The standard InChI is InChI=1S/C45H80O6/c1-4-7-10-13-15-17-19-21-22-23-24-26-27-29-32-35-38-44(47)50-41-42(40-49-43(46)37-34-31-12-9-6-3)51-45(48)39-36-33-30-28-25-20-18-16-14-11-8-5-2/h16-19,22-23,42H,4-15,20-21,24-41H2,1-3H3/b18-16-,19-17-,23-22-. The van der Waals surface area contributed by atoms with Crippen molar-refractivity contribution in [1.82, 2.24) is 0 Å². The van der Waals surface area contributed by atoms with Crippen molar-refractivity contribution in [3.63, 3.8) is 0 Å². The Morgan fingerprint density at radius 2 is 0.706 bits per heavy atom. The van der Waals surface area contributed by atoms with Crippen molar-refractivity contribution < 1.29 is 28.6 Å². The van der Waals surface area contributed by atoms with Crippen LogP contribution in [0.25, 0.3) is 0 Å². The maximum atomic E-state index is 12.6. The van der Waals surface area contributed by atoms with E-state index in [1.165, 1.54) is 77.0 Å². The zero-order valence-electron chi connectivity index (χ0n) is 33.6. The fourth-order valence-corrected chi connectivity index (χ4v) is 5.82. The first-order chi connectivity index (χ1) is 25.0. The minimum Gasteiger partial charge on any atom is -0.462 e. The molecule has 0 aliphatic carbocycles. The first-order valence-electron chi connectivity index (χ1n) is 21.5. The molecule has 0 spiro atoms. The van der Waals surface area contributed by atoms with Crippen LogP contribution in [-0.4, -0.2) is 37.2 Å². The highest BCUT2D eigenvalue weighted by Gasteiger charge is 2.19. The number of carbonyl (C=O) groups excluding carboxylic acids is 3. The van der Waals surface area contributed by atoms with E-state index in [0.717, 1.165) is 96.3 Å². The van der Waals surface area contributed by atoms with E-state index in [9.17, 15) is 14.4 Å². The zero-order chi connectivity index (χ0) is 37.3. The van der Waals surface area contributed by atoms with Crippen molar-refractivity contribution in [3.05, 3.63) is 36.5 Å². The molecule has 0 bridgehead atoms. The molecular formula is C45H80O6. The van der Waals surface area contributed by atoms with Crippen molar-refractivity contribution in [2.45, 2.75) is 219 Å². The number of ether oxygens (including phenoxy) is 3. The van der Waals surface area contributed by atoms with E-state index in [0.29, 0.717) is 19.3 Å². The second kappa shape index (κ2) is 40.4. The van der Waals surface area contributed by atoms with Crippen molar-refractivity contribution in [3.8, 4) is 0 Å². The normalized spacial score (nSPS) is 12.3. The highest BCUT2D eigenvalue weighted by Crippen LogP contribution is 2.13. The van der Waals surface area contributed by atoms with Gasteiger partial charge in [0.1, 0.15) is 13.2 Å². The van der Waals surface area contributed by atoms with Gasteiger partial charge in [-0.2, -0.15) is 0 Å². The summed E-state index contributed by atoms with van der Waals surface area (Å²) in [5.74, 6) is -0.920. The molecule has 0 N–H and O–H groups in total. The van der Waals surface area contributed by atoms with E-state index in [4.69, 9.17) is 14.2 Å². The lowest BCUT2D eigenvalue weighted by Gasteiger charge is -2.18. The fraction of sp³-hybridized carbons (Fsp3) is 0.800. The number of allylic oxidation sites excluding steroid dienone is 6. The maximum absolute atomic E-state index is 12.6. The minimum atomic E-state index is -0.774. The number of carbonyl (C=O) groups is 3. The number of esters is 3. The molecule has 0 aliphatic heterocycles. The molecule has 0 radical (unpaired) electrons. The largest absolute Gasteiger partial charge is 0.462 e. The average molecular weight is 717 g/mol. The van der Waals surface area contributed by atoms with Crippen LogP contribution in [0.15, 0.2) is 36.5 Å². The van der Waals surface area contributed by atoms with Crippen LogP contribution in [0.3, 0.4) is 0 Å². The van der Waals surface area contributed by atoms with Crippen molar-refractivity contribution in [1.29, 1.82) is 0 Å². The van der Waals surface area contributed by atoms with Gasteiger partial charge in [0, 0.05) is 19.3 Å². The Balaban J connectivity index is 4.27. The van der Waals surface area contributed by atoms with E-state index < -0.39 is 6.10 Å². The van der Waals surface area contributed by atoms with Crippen LogP contribution in [0.2, 0.25) is 0 Å². The van der Waals surface area contributed by atoms with E-state index in [1.54, 1.807) is 0 Å². The lowest BCUT2D eigenvalue weighted by molar-refractivity contribution is -0.167. The zero-order valence-corrected chi connectivity index (χ0v) is 33.6.